The quantitative estimate of drug-likeness (QED) is 0.534. The fourth-order valence-corrected chi connectivity index (χ4v) is 4.81. The lowest BCUT2D eigenvalue weighted by atomic mass is 9.83. The van der Waals surface area contributed by atoms with Crippen molar-refractivity contribution in [1.82, 2.24) is 19.3 Å². The number of hydrogen-bond acceptors (Lipinski definition) is 4. The highest BCUT2D eigenvalue weighted by atomic mass is 32.3. The van der Waals surface area contributed by atoms with Crippen LogP contribution in [-0.2, 0) is 11.5 Å². The van der Waals surface area contributed by atoms with Gasteiger partial charge in [-0.05, 0) is 49.7 Å². The van der Waals surface area contributed by atoms with Crippen molar-refractivity contribution in [2.24, 2.45) is 5.92 Å². The Morgan fingerprint density at radius 3 is 2.77 bits per heavy atom. The number of aliphatic hydroxyl groups is 1. The van der Waals surface area contributed by atoms with Gasteiger partial charge in [0.2, 0.25) is 0 Å². The summed E-state index contributed by atoms with van der Waals surface area (Å²) in [7, 11) is -0.545. The minimum Gasteiger partial charge on any atom is -0.388 e. The third kappa shape index (κ3) is 4.90. The largest absolute Gasteiger partial charge is 0.388 e. The molecule has 0 aliphatic heterocycles. The van der Waals surface area contributed by atoms with Crippen molar-refractivity contribution in [3.63, 3.8) is 0 Å². The Balaban J connectivity index is 1.50. The predicted molar refractivity (Wildman–Crippen MR) is 125 cm³/mol. The van der Waals surface area contributed by atoms with Crippen LogP contribution in [0.15, 0.2) is 36.9 Å². The molecule has 1 N–H and O–H groups in total. The van der Waals surface area contributed by atoms with E-state index in [1.54, 1.807) is 6.20 Å². The molecule has 0 spiro atoms. The van der Waals surface area contributed by atoms with E-state index in [-0.39, 0.29) is 0 Å². The number of ether oxygens (including phenoxy) is 1. The van der Waals surface area contributed by atoms with Gasteiger partial charge in [-0.25, -0.2) is 19.7 Å². The minimum atomic E-state index is -0.545. The molecule has 4 rings (SSSR count). The van der Waals surface area contributed by atoms with Gasteiger partial charge in [-0.3, -0.25) is 0 Å². The van der Waals surface area contributed by atoms with Crippen LogP contribution in [0.2, 0.25) is 0 Å². The molecule has 3 aromatic heterocycles. The van der Waals surface area contributed by atoms with Crippen molar-refractivity contribution >= 4 is 21.1 Å². The summed E-state index contributed by atoms with van der Waals surface area (Å²) in [6, 6.07) is 4.04. The Hall–Kier alpha value is -1.83. The standard InChI is InChI=1S/C23H34N4O2S/c1-30(2,3)14-13-29-17-26-12-10-20-21(9-11-24-23(20)26)27-16-19(15-25-27)22(28)18-7-5-4-6-8-18/h9-12,15-16,18,22,28H,4-8,13-14,17H2,1-3H3. The van der Waals surface area contributed by atoms with E-state index in [0.29, 0.717) is 12.6 Å². The van der Waals surface area contributed by atoms with Crippen LogP contribution < -0.4 is 0 Å². The lowest BCUT2D eigenvalue weighted by Gasteiger charge is -2.25. The fraction of sp³-hybridized carbons (Fsp3) is 0.565. The summed E-state index contributed by atoms with van der Waals surface area (Å²) >= 11 is 0. The predicted octanol–water partition coefficient (Wildman–Crippen LogP) is 4.50. The lowest BCUT2D eigenvalue weighted by Crippen LogP contribution is -2.15. The monoisotopic (exact) mass is 430 g/mol. The van der Waals surface area contributed by atoms with Crippen molar-refractivity contribution in [3.8, 4) is 5.69 Å². The van der Waals surface area contributed by atoms with Crippen molar-refractivity contribution in [1.29, 1.82) is 0 Å². The maximum Gasteiger partial charge on any atom is 0.143 e. The van der Waals surface area contributed by atoms with Crippen molar-refractivity contribution in [2.75, 3.05) is 31.1 Å². The smallest absolute Gasteiger partial charge is 0.143 e. The SMILES string of the molecule is CS(C)(C)CCOCn1ccc2c(-n3cc(C(O)C4CCCCC4)cn3)ccnc21. The van der Waals surface area contributed by atoms with E-state index in [0.717, 1.165) is 47.5 Å². The average molecular weight is 431 g/mol. The summed E-state index contributed by atoms with van der Waals surface area (Å²) in [5.74, 6) is 1.45. The van der Waals surface area contributed by atoms with Crippen LogP contribution in [0.25, 0.3) is 16.7 Å². The molecule has 0 amide bonds. The highest BCUT2D eigenvalue weighted by molar-refractivity contribution is 8.32. The first kappa shape index (κ1) is 21.4. The maximum absolute atomic E-state index is 10.8. The van der Waals surface area contributed by atoms with Gasteiger partial charge in [-0.2, -0.15) is 5.10 Å². The van der Waals surface area contributed by atoms with E-state index in [4.69, 9.17) is 4.74 Å². The number of nitrogens with zero attached hydrogens (tertiary/aromatic N) is 4. The molecule has 6 nitrogen and oxygen atoms in total. The van der Waals surface area contributed by atoms with Crippen LogP contribution in [-0.4, -0.2) is 55.6 Å². The van der Waals surface area contributed by atoms with E-state index in [9.17, 15) is 5.11 Å². The normalized spacial score (nSPS) is 17.5. The van der Waals surface area contributed by atoms with Crippen molar-refractivity contribution in [3.05, 3.63) is 42.5 Å². The highest BCUT2D eigenvalue weighted by Crippen LogP contribution is 2.35. The van der Waals surface area contributed by atoms with E-state index < -0.39 is 16.1 Å². The summed E-state index contributed by atoms with van der Waals surface area (Å²) in [4.78, 5) is 4.57. The second-order valence-electron chi connectivity index (χ2n) is 9.25. The van der Waals surface area contributed by atoms with E-state index in [1.165, 1.54) is 19.3 Å². The number of hydrogen-bond donors (Lipinski definition) is 1. The molecule has 1 saturated carbocycles. The van der Waals surface area contributed by atoms with Crippen LogP contribution in [0.4, 0.5) is 0 Å². The maximum atomic E-state index is 10.8. The number of aromatic nitrogens is 4. The molecule has 164 valence electrons. The Morgan fingerprint density at radius 2 is 2.00 bits per heavy atom. The molecule has 30 heavy (non-hydrogen) atoms. The molecule has 1 aliphatic carbocycles. The number of rotatable bonds is 8. The molecule has 1 atom stereocenters. The third-order valence-corrected chi connectivity index (χ3v) is 7.39. The van der Waals surface area contributed by atoms with Crippen LogP contribution in [0, 0.1) is 5.92 Å². The number of pyridine rings is 1. The van der Waals surface area contributed by atoms with Crippen LogP contribution in [0.1, 0.15) is 43.8 Å². The van der Waals surface area contributed by atoms with Gasteiger partial charge in [0.15, 0.2) is 0 Å². The van der Waals surface area contributed by atoms with Crippen LogP contribution in [0.3, 0.4) is 0 Å². The van der Waals surface area contributed by atoms with Crippen LogP contribution in [0.5, 0.6) is 0 Å². The fourth-order valence-electron chi connectivity index (χ4n) is 4.20. The Bertz CT molecular complexity index is 969. The second-order valence-corrected chi connectivity index (χ2v) is 13.8. The lowest BCUT2D eigenvalue weighted by molar-refractivity contribution is 0.0848. The molecule has 0 bridgehead atoms. The molecule has 3 heterocycles. The molecule has 3 aromatic rings. The average Bonchev–Trinajstić information content (AvgIpc) is 3.38. The summed E-state index contributed by atoms with van der Waals surface area (Å²) in [5, 5.41) is 16.4. The first-order valence-electron chi connectivity index (χ1n) is 10.8. The summed E-state index contributed by atoms with van der Waals surface area (Å²) < 4.78 is 9.80. The van der Waals surface area contributed by atoms with Gasteiger partial charge in [-0.1, -0.05) is 19.3 Å². The highest BCUT2D eigenvalue weighted by Gasteiger charge is 2.24. The molecule has 0 aromatic carbocycles. The summed E-state index contributed by atoms with van der Waals surface area (Å²) in [6.07, 6.45) is 20.0. The number of fused-ring (bicyclic) bond motifs is 1. The second kappa shape index (κ2) is 9.12. The Labute approximate surface area is 180 Å². The van der Waals surface area contributed by atoms with Gasteiger partial charge < -0.3 is 14.4 Å². The van der Waals surface area contributed by atoms with E-state index >= 15 is 0 Å². The molecule has 0 radical (unpaired) electrons. The first-order valence-corrected chi connectivity index (χ1v) is 13.9. The minimum absolute atomic E-state index is 0.349. The van der Waals surface area contributed by atoms with Gasteiger partial charge in [0.25, 0.3) is 0 Å². The van der Waals surface area contributed by atoms with Gasteiger partial charge in [0.1, 0.15) is 12.4 Å². The zero-order valence-corrected chi connectivity index (χ0v) is 19.1. The summed E-state index contributed by atoms with van der Waals surface area (Å²) in [5.41, 5.74) is 2.76. The van der Waals surface area contributed by atoms with Gasteiger partial charge >= 0.3 is 0 Å². The molecule has 1 aliphatic rings. The zero-order chi connectivity index (χ0) is 21.1. The van der Waals surface area contributed by atoms with Crippen LogP contribution >= 0.6 is 10.0 Å². The molecule has 0 saturated heterocycles. The Kier molecular flexibility index (Phi) is 6.51. The third-order valence-electron chi connectivity index (χ3n) is 6.00. The molecule has 1 unspecified atom stereocenters. The van der Waals surface area contributed by atoms with Gasteiger partial charge in [0.05, 0.1) is 24.6 Å². The van der Waals surface area contributed by atoms with E-state index in [2.05, 4.69) is 34.9 Å². The Morgan fingerprint density at radius 1 is 1.20 bits per heavy atom. The molecule has 7 heteroatoms. The summed E-state index contributed by atoms with van der Waals surface area (Å²) in [6.45, 7) is 1.26. The zero-order valence-electron chi connectivity index (χ0n) is 18.3. The van der Waals surface area contributed by atoms with Gasteiger partial charge in [-0.15, -0.1) is 0 Å². The van der Waals surface area contributed by atoms with Crippen molar-refractivity contribution < 1.29 is 9.84 Å². The topological polar surface area (TPSA) is 65.1 Å². The molecular weight excluding hydrogens is 396 g/mol. The van der Waals surface area contributed by atoms with Crippen molar-refractivity contribution in [2.45, 2.75) is 44.9 Å². The van der Waals surface area contributed by atoms with Gasteiger partial charge in [0, 0.05) is 35.3 Å². The molecule has 1 fully saturated rings. The van der Waals surface area contributed by atoms with E-state index in [1.807, 2.05) is 33.9 Å². The number of aliphatic hydroxyl groups excluding tert-OH is 1. The first-order chi connectivity index (χ1) is 14.4. The molecular formula is C23H34N4O2S.